The van der Waals surface area contributed by atoms with Gasteiger partial charge in [-0.15, -0.1) is 5.10 Å². The Balaban J connectivity index is 2.85. The lowest BCUT2D eigenvalue weighted by molar-refractivity contribution is -0.138. The second kappa shape index (κ2) is 6.29. The Bertz CT molecular complexity index is 363. The van der Waals surface area contributed by atoms with E-state index >= 15 is 0 Å². The molecular formula is C10H19N5O2. The van der Waals surface area contributed by atoms with Crippen molar-refractivity contribution in [2.24, 2.45) is 0 Å². The molecular weight excluding hydrogens is 222 g/mol. The number of tetrazole rings is 1. The highest BCUT2D eigenvalue weighted by molar-refractivity contribution is 5.67. The second-order valence-electron chi connectivity index (χ2n) is 4.32. The first-order chi connectivity index (χ1) is 8.04. The standard InChI is InChI=1S/C10H19N5O2/c1-4-5-8(6-10(16)17)15-9(7-14(2)3)11-12-13-15/h8H,4-7H2,1-3H3,(H,16,17). The van der Waals surface area contributed by atoms with Crippen LogP contribution in [0.1, 0.15) is 38.1 Å². The maximum absolute atomic E-state index is 10.8. The third-order valence-electron chi connectivity index (χ3n) is 2.40. The fraction of sp³-hybridized carbons (Fsp3) is 0.800. The van der Waals surface area contributed by atoms with Gasteiger partial charge in [0.15, 0.2) is 5.82 Å². The van der Waals surface area contributed by atoms with E-state index in [1.807, 2.05) is 25.9 Å². The fourth-order valence-electron chi connectivity index (χ4n) is 1.73. The lowest BCUT2D eigenvalue weighted by atomic mass is 10.1. The van der Waals surface area contributed by atoms with Crippen LogP contribution < -0.4 is 0 Å². The van der Waals surface area contributed by atoms with E-state index in [0.717, 1.165) is 12.8 Å². The number of carbonyl (C=O) groups is 1. The van der Waals surface area contributed by atoms with Crippen LogP contribution in [0.3, 0.4) is 0 Å². The van der Waals surface area contributed by atoms with Gasteiger partial charge in [-0.2, -0.15) is 0 Å². The van der Waals surface area contributed by atoms with Crippen LogP contribution in [0.4, 0.5) is 0 Å². The van der Waals surface area contributed by atoms with E-state index in [1.165, 1.54) is 0 Å². The van der Waals surface area contributed by atoms with Crippen molar-refractivity contribution in [2.75, 3.05) is 14.1 Å². The minimum atomic E-state index is -0.824. The van der Waals surface area contributed by atoms with Crippen molar-refractivity contribution in [3.05, 3.63) is 5.82 Å². The number of carboxylic acids is 1. The van der Waals surface area contributed by atoms with Crippen LogP contribution in [0.25, 0.3) is 0 Å². The summed E-state index contributed by atoms with van der Waals surface area (Å²) in [6.45, 7) is 2.62. The lowest BCUT2D eigenvalue weighted by Crippen LogP contribution is -2.21. The van der Waals surface area contributed by atoms with Crippen molar-refractivity contribution in [1.29, 1.82) is 0 Å². The van der Waals surface area contributed by atoms with Crippen LogP contribution in [-0.4, -0.2) is 50.3 Å². The van der Waals surface area contributed by atoms with Gasteiger partial charge in [0.2, 0.25) is 0 Å². The van der Waals surface area contributed by atoms with Gasteiger partial charge in [-0.25, -0.2) is 4.68 Å². The Hall–Kier alpha value is -1.50. The van der Waals surface area contributed by atoms with Gasteiger partial charge in [0, 0.05) is 0 Å². The molecule has 96 valence electrons. The topological polar surface area (TPSA) is 84.1 Å². The molecule has 0 saturated heterocycles. The zero-order valence-electron chi connectivity index (χ0n) is 10.5. The molecule has 0 aliphatic rings. The van der Waals surface area contributed by atoms with Gasteiger partial charge in [0.25, 0.3) is 0 Å². The van der Waals surface area contributed by atoms with E-state index in [0.29, 0.717) is 12.4 Å². The van der Waals surface area contributed by atoms with Crippen molar-refractivity contribution in [3.63, 3.8) is 0 Å². The molecule has 7 heteroatoms. The number of aromatic nitrogens is 4. The zero-order valence-corrected chi connectivity index (χ0v) is 10.5. The molecule has 0 radical (unpaired) electrons. The smallest absolute Gasteiger partial charge is 0.305 e. The Kier molecular flexibility index (Phi) is 5.02. The Morgan fingerprint density at radius 2 is 2.24 bits per heavy atom. The van der Waals surface area contributed by atoms with Crippen LogP contribution >= 0.6 is 0 Å². The van der Waals surface area contributed by atoms with Gasteiger partial charge in [0.1, 0.15) is 0 Å². The molecule has 17 heavy (non-hydrogen) atoms. The number of hydrogen-bond donors (Lipinski definition) is 1. The Morgan fingerprint density at radius 1 is 1.53 bits per heavy atom. The van der Waals surface area contributed by atoms with Gasteiger partial charge < -0.3 is 10.0 Å². The molecule has 0 saturated carbocycles. The van der Waals surface area contributed by atoms with Crippen molar-refractivity contribution in [3.8, 4) is 0 Å². The maximum atomic E-state index is 10.8. The van der Waals surface area contributed by atoms with Crippen molar-refractivity contribution >= 4 is 5.97 Å². The van der Waals surface area contributed by atoms with E-state index in [-0.39, 0.29) is 12.5 Å². The Labute approximate surface area is 100 Å². The summed E-state index contributed by atoms with van der Waals surface area (Å²) in [6.07, 6.45) is 1.72. The largest absolute Gasteiger partial charge is 0.481 e. The molecule has 1 rings (SSSR count). The average molecular weight is 241 g/mol. The lowest BCUT2D eigenvalue weighted by Gasteiger charge is -2.17. The number of carboxylic acid groups (broad SMARTS) is 1. The van der Waals surface area contributed by atoms with Crippen molar-refractivity contribution in [1.82, 2.24) is 25.1 Å². The normalized spacial score (nSPS) is 12.9. The summed E-state index contributed by atoms with van der Waals surface area (Å²) >= 11 is 0. The molecule has 0 spiro atoms. The fourth-order valence-corrected chi connectivity index (χ4v) is 1.73. The Morgan fingerprint density at radius 3 is 2.76 bits per heavy atom. The summed E-state index contributed by atoms with van der Waals surface area (Å²) in [5.41, 5.74) is 0. The molecule has 0 fully saturated rings. The van der Waals surface area contributed by atoms with Crippen molar-refractivity contribution in [2.45, 2.75) is 38.8 Å². The van der Waals surface area contributed by atoms with Crippen LogP contribution in [0.5, 0.6) is 0 Å². The third-order valence-corrected chi connectivity index (χ3v) is 2.40. The molecule has 1 unspecified atom stereocenters. The SMILES string of the molecule is CCCC(CC(=O)O)n1nnnc1CN(C)C. The molecule has 0 aromatic carbocycles. The molecule has 1 N–H and O–H groups in total. The predicted molar refractivity (Wildman–Crippen MR) is 61.4 cm³/mol. The highest BCUT2D eigenvalue weighted by Crippen LogP contribution is 2.18. The van der Waals surface area contributed by atoms with Crippen molar-refractivity contribution < 1.29 is 9.90 Å². The maximum Gasteiger partial charge on any atom is 0.305 e. The minimum absolute atomic E-state index is 0.0549. The molecule has 1 heterocycles. The predicted octanol–water partition coefficient (Wildman–Crippen LogP) is 0.551. The summed E-state index contributed by atoms with van der Waals surface area (Å²) in [5, 5.41) is 20.4. The average Bonchev–Trinajstić information content (AvgIpc) is 2.63. The summed E-state index contributed by atoms with van der Waals surface area (Å²) in [5.74, 6) is -0.121. The first kappa shape index (κ1) is 13.6. The van der Waals surface area contributed by atoms with Gasteiger partial charge in [-0.05, 0) is 30.9 Å². The summed E-state index contributed by atoms with van der Waals surface area (Å²) < 4.78 is 1.64. The van der Waals surface area contributed by atoms with Crippen LogP contribution in [0.2, 0.25) is 0 Å². The molecule has 1 aromatic rings. The number of nitrogens with zero attached hydrogens (tertiary/aromatic N) is 5. The first-order valence-electron chi connectivity index (χ1n) is 5.67. The van der Waals surface area contributed by atoms with Gasteiger partial charge in [-0.3, -0.25) is 4.79 Å². The summed E-state index contributed by atoms with van der Waals surface area (Å²) in [6, 6.07) is -0.164. The van der Waals surface area contributed by atoms with E-state index in [1.54, 1.807) is 4.68 Å². The zero-order chi connectivity index (χ0) is 12.8. The third kappa shape index (κ3) is 4.10. The van der Waals surface area contributed by atoms with Crippen LogP contribution in [0, 0.1) is 0 Å². The molecule has 0 aliphatic heterocycles. The quantitative estimate of drug-likeness (QED) is 0.750. The monoisotopic (exact) mass is 241 g/mol. The van der Waals surface area contributed by atoms with Gasteiger partial charge >= 0.3 is 5.97 Å². The van der Waals surface area contributed by atoms with Gasteiger partial charge in [-0.1, -0.05) is 13.3 Å². The highest BCUT2D eigenvalue weighted by Gasteiger charge is 2.19. The van der Waals surface area contributed by atoms with E-state index in [9.17, 15) is 4.79 Å². The molecule has 1 atom stereocenters. The molecule has 7 nitrogen and oxygen atoms in total. The molecule has 1 aromatic heterocycles. The summed E-state index contributed by atoms with van der Waals surface area (Å²) in [7, 11) is 3.84. The molecule has 0 aliphatic carbocycles. The number of rotatable bonds is 7. The number of aliphatic carboxylic acids is 1. The van der Waals surface area contributed by atoms with E-state index in [2.05, 4.69) is 15.5 Å². The summed E-state index contributed by atoms with van der Waals surface area (Å²) in [4.78, 5) is 12.8. The van der Waals surface area contributed by atoms with Crippen LogP contribution in [0.15, 0.2) is 0 Å². The number of hydrogen-bond acceptors (Lipinski definition) is 5. The molecule has 0 bridgehead atoms. The van der Waals surface area contributed by atoms with E-state index < -0.39 is 5.97 Å². The molecule has 0 amide bonds. The van der Waals surface area contributed by atoms with Crippen LogP contribution in [-0.2, 0) is 11.3 Å². The first-order valence-corrected chi connectivity index (χ1v) is 5.67. The van der Waals surface area contributed by atoms with Gasteiger partial charge in [0.05, 0.1) is 19.0 Å². The minimum Gasteiger partial charge on any atom is -0.481 e. The second-order valence-corrected chi connectivity index (χ2v) is 4.32. The highest BCUT2D eigenvalue weighted by atomic mass is 16.4. The van der Waals surface area contributed by atoms with E-state index in [4.69, 9.17) is 5.11 Å².